The fraction of sp³-hybridized carbons (Fsp3) is 0.0500. The quantitative estimate of drug-likeness (QED) is 0.436. The van der Waals surface area contributed by atoms with Crippen LogP contribution in [0.25, 0.3) is 16.9 Å². The second-order valence-electron chi connectivity index (χ2n) is 5.97. The smallest absolute Gasteiger partial charge is 0.143 e. The first-order valence-corrected chi connectivity index (χ1v) is 8.74. The molecule has 0 saturated carbocycles. The minimum Gasteiger partial charge on any atom is -0.339 e. The van der Waals surface area contributed by atoms with Crippen molar-refractivity contribution in [2.45, 2.75) is 6.92 Å². The lowest BCUT2D eigenvalue weighted by Gasteiger charge is -2.11. The molecule has 2 aromatic heterocycles. The van der Waals surface area contributed by atoms with Crippen molar-refractivity contribution in [1.29, 1.82) is 0 Å². The van der Waals surface area contributed by atoms with Crippen molar-refractivity contribution in [3.63, 3.8) is 0 Å². The van der Waals surface area contributed by atoms with Crippen LogP contribution in [0.5, 0.6) is 0 Å². The molecule has 6 heteroatoms. The molecule has 0 aliphatic carbocycles. The van der Waals surface area contributed by atoms with Gasteiger partial charge in [0.25, 0.3) is 0 Å². The number of hydrogen-bond donors (Lipinski definition) is 1. The van der Waals surface area contributed by atoms with Crippen molar-refractivity contribution in [2.24, 2.45) is 0 Å². The Balaban J connectivity index is 1.96. The number of aryl methyl sites for hydroxylation is 1. The van der Waals surface area contributed by atoms with Crippen LogP contribution in [0.15, 0.2) is 60.8 Å². The zero-order valence-electron chi connectivity index (χ0n) is 13.8. The summed E-state index contributed by atoms with van der Waals surface area (Å²) in [6.07, 6.45) is 1.73. The highest BCUT2D eigenvalue weighted by molar-refractivity contribution is 6.33. The van der Waals surface area contributed by atoms with E-state index in [2.05, 4.69) is 10.3 Å². The Kier molecular flexibility index (Phi) is 4.31. The summed E-state index contributed by atoms with van der Waals surface area (Å²) in [5.74, 6) is 0.164. The minimum absolute atomic E-state index is 0.253. The van der Waals surface area contributed by atoms with Crippen molar-refractivity contribution in [2.75, 3.05) is 5.32 Å². The zero-order valence-corrected chi connectivity index (χ0v) is 15.3. The number of fused-ring (bicyclic) bond motifs is 1. The summed E-state index contributed by atoms with van der Waals surface area (Å²) in [4.78, 5) is 4.58. The molecule has 0 bridgehead atoms. The predicted molar refractivity (Wildman–Crippen MR) is 105 cm³/mol. The summed E-state index contributed by atoms with van der Waals surface area (Å²) < 4.78 is 16.3. The Morgan fingerprint density at radius 2 is 1.77 bits per heavy atom. The first-order chi connectivity index (χ1) is 12.5. The van der Waals surface area contributed by atoms with Crippen LogP contribution in [0.2, 0.25) is 10.0 Å². The van der Waals surface area contributed by atoms with Gasteiger partial charge in [0.1, 0.15) is 23.0 Å². The van der Waals surface area contributed by atoms with Gasteiger partial charge in [0, 0.05) is 11.9 Å². The molecule has 0 saturated heterocycles. The van der Waals surface area contributed by atoms with Gasteiger partial charge in [0.15, 0.2) is 0 Å². The van der Waals surface area contributed by atoms with E-state index in [-0.39, 0.29) is 5.56 Å². The average molecular weight is 386 g/mol. The van der Waals surface area contributed by atoms with Gasteiger partial charge < -0.3 is 5.32 Å². The number of nitrogens with one attached hydrogen (secondary N) is 1. The van der Waals surface area contributed by atoms with E-state index < -0.39 is 5.82 Å². The number of anilines is 2. The molecule has 3 nitrogen and oxygen atoms in total. The van der Waals surface area contributed by atoms with Crippen molar-refractivity contribution < 1.29 is 4.39 Å². The summed E-state index contributed by atoms with van der Waals surface area (Å²) >= 11 is 12.4. The molecule has 0 spiro atoms. The van der Waals surface area contributed by atoms with E-state index in [0.29, 0.717) is 27.2 Å². The van der Waals surface area contributed by atoms with Gasteiger partial charge in [-0.15, -0.1) is 0 Å². The maximum Gasteiger partial charge on any atom is 0.143 e. The molecule has 2 aromatic carbocycles. The van der Waals surface area contributed by atoms with Gasteiger partial charge in [-0.1, -0.05) is 47.0 Å². The molecular formula is C20H14Cl2FN3. The van der Waals surface area contributed by atoms with Gasteiger partial charge in [-0.25, -0.2) is 9.37 Å². The fourth-order valence-electron chi connectivity index (χ4n) is 2.81. The van der Waals surface area contributed by atoms with E-state index in [0.717, 1.165) is 11.3 Å². The standard InChI is InChI=1S/C20H14Cl2FN3/c1-12-5-8-14(9-6-12)24-20-19(18-15(22)3-2-4-16(18)23)25-17-10-7-13(21)11-26(17)20/h2-11,24H,1H3. The minimum atomic E-state index is -0.432. The molecule has 0 amide bonds. The Hall–Kier alpha value is -2.56. The topological polar surface area (TPSA) is 29.3 Å². The predicted octanol–water partition coefficient (Wildman–Crippen LogP) is 6.50. The van der Waals surface area contributed by atoms with E-state index in [9.17, 15) is 4.39 Å². The third kappa shape index (κ3) is 3.02. The molecule has 1 N–H and O–H groups in total. The second kappa shape index (κ2) is 6.63. The fourth-order valence-corrected chi connectivity index (χ4v) is 3.22. The van der Waals surface area contributed by atoms with Crippen LogP contribution in [0.4, 0.5) is 15.9 Å². The largest absolute Gasteiger partial charge is 0.339 e. The van der Waals surface area contributed by atoms with E-state index in [1.165, 1.54) is 6.07 Å². The lowest BCUT2D eigenvalue weighted by molar-refractivity contribution is 0.631. The summed E-state index contributed by atoms with van der Waals surface area (Å²) in [6.45, 7) is 2.02. The van der Waals surface area contributed by atoms with Gasteiger partial charge >= 0.3 is 0 Å². The van der Waals surface area contributed by atoms with Crippen LogP contribution in [-0.2, 0) is 0 Å². The molecule has 0 fully saturated rings. The van der Waals surface area contributed by atoms with Crippen molar-refractivity contribution in [1.82, 2.24) is 9.38 Å². The molecule has 0 unspecified atom stereocenters. The number of aromatic nitrogens is 2. The van der Waals surface area contributed by atoms with Crippen LogP contribution < -0.4 is 5.32 Å². The van der Waals surface area contributed by atoms with Crippen molar-refractivity contribution in [3.05, 3.63) is 82.2 Å². The number of halogens is 3. The maximum atomic E-state index is 14.5. The average Bonchev–Trinajstić information content (AvgIpc) is 2.94. The van der Waals surface area contributed by atoms with Crippen LogP contribution in [0.3, 0.4) is 0 Å². The maximum absolute atomic E-state index is 14.5. The van der Waals surface area contributed by atoms with Crippen LogP contribution >= 0.6 is 23.2 Å². The molecule has 0 atom stereocenters. The number of imidazole rings is 1. The second-order valence-corrected chi connectivity index (χ2v) is 6.82. The number of hydrogen-bond acceptors (Lipinski definition) is 2. The molecule has 0 radical (unpaired) electrons. The Labute approximate surface area is 160 Å². The lowest BCUT2D eigenvalue weighted by atomic mass is 10.1. The Morgan fingerprint density at radius 1 is 1.00 bits per heavy atom. The monoisotopic (exact) mass is 385 g/mol. The van der Waals surface area contributed by atoms with E-state index in [1.54, 1.807) is 34.9 Å². The first kappa shape index (κ1) is 16.9. The highest BCUT2D eigenvalue weighted by atomic mass is 35.5. The number of rotatable bonds is 3. The zero-order chi connectivity index (χ0) is 18.3. The summed E-state index contributed by atoms with van der Waals surface area (Å²) in [5, 5.41) is 4.17. The normalized spacial score (nSPS) is 11.1. The highest BCUT2D eigenvalue weighted by Gasteiger charge is 2.20. The summed E-state index contributed by atoms with van der Waals surface area (Å²) in [5.41, 5.74) is 3.32. The SMILES string of the molecule is Cc1ccc(Nc2c(-c3c(F)cccc3Cl)nc3ccc(Cl)cn23)cc1. The van der Waals surface area contributed by atoms with Gasteiger partial charge in [-0.3, -0.25) is 4.40 Å². The van der Waals surface area contributed by atoms with E-state index in [1.807, 2.05) is 31.2 Å². The Morgan fingerprint density at radius 3 is 2.50 bits per heavy atom. The van der Waals surface area contributed by atoms with E-state index >= 15 is 0 Å². The molecule has 0 aliphatic rings. The van der Waals surface area contributed by atoms with Gasteiger partial charge in [0.05, 0.1) is 15.6 Å². The van der Waals surface area contributed by atoms with Crippen molar-refractivity contribution >= 4 is 40.4 Å². The highest BCUT2D eigenvalue weighted by Crippen LogP contribution is 2.37. The number of benzene rings is 2. The Bertz CT molecular complexity index is 1080. The third-order valence-corrected chi connectivity index (χ3v) is 4.63. The summed E-state index contributed by atoms with van der Waals surface area (Å²) in [7, 11) is 0. The molecule has 4 rings (SSSR count). The van der Waals surface area contributed by atoms with Gasteiger partial charge in [0.2, 0.25) is 0 Å². The first-order valence-electron chi connectivity index (χ1n) is 7.98. The molecule has 0 aliphatic heterocycles. The molecule has 2 heterocycles. The molecular weight excluding hydrogens is 372 g/mol. The molecule has 130 valence electrons. The van der Waals surface area contributed by atoms with Crippen LogP contribution in [0, 0.1) is 12.7 Å². The van der Waals surface area contributed by atoms with Gasteiger partial charge in [-0.2, -0.15) is 0 Å². The number of nitrogens with zero attached hydrogens (tertiary/aromatic N) is 2. The molecule has 4 aromatic rings. The third-order valence-electron chi connectivity index (χ3n) is 4.10. The summed E-state index contributed by atoms with van der Waals surface area (Å²) in [6, 6.07) is 16.0. The number of pyridine rings is 1. The molecule has 26 heavy (non-hydrogen) atoms. The van der Waals surface area contributed by atoms with Crippen LogP contribution in [0.1, 0.15) is 5.56 Å². The lowest BCUT2D eigenvalue weighted by Crippen LogP contribution is -1.98. The van der Waals surface area contributed by atoms with Crippen molar-refractivity contribution in [3.8, 4) is 11.3 Å². The van der Waals surface area contributed by atoms with Gasteiger partial charge in [-0.05, 0) is 43.3 Å². The van der Waals surface area contributed by atoms with Crippen LogP contribution in [-0.4, -0.2) is 9.38 Å². The van der Waals surface area contributed by atoms with E-state index in [4.69, 9.17) is 23.2 Å².